The van der Waals surface area contributed by atoms with Gasteiger partial charge in [0.25, 0.3) is 5.56 Å². The van der Waals surface area contributed by atoms with Crippen LogP contribution in [0.1, 0.15) is 23.5 Å². The van der Waals surface area contributed by atoms with Gasteiger partial charge in [-0.2, -0.15) is 0 Å². The third-order valence-electron chi connectivity index (χ3n) is 7.34. The molecule has 4 aromatic rings. The average molecular weight is 479 g/mol. The number of thiophene rings is 1. The second-order valence-electron chi connectivity index (χ2n) is 9.09. The number of nitrogens with one attached hydrogen (secondary N) is 1. The molecule has 34 heavy (non-hydrogen) atoms. The molecule has 1 fully saturated rings. The Morgan fingerprint density at radius 2 is 2.00 bits per heavy atom. The first kappa shape index (κ1) is 21.4. The number of aromatic nitrogens is 3. The van der Waals surface area contributed by atoms with Gasteiger partial charge >= 0.3 is 5.69 Å². The summed E-state index contributed by atoms with van der Waals surface area (Å²) >= 11 is 1.35. The summed E-state index contributed by atoms with van der Waals surface area (Å²) in [5.41, 5.74) is 3.16. The molecular formula is C25H26N4O4S. The molecule has 8 nitrogen and oxygen atoms in total. The van der Waals surface area contributed by atoms with Gasteiger partial charge in [0.15, 0.2) is 0 Å². The first-order chi connectivity index (χ1) is 16.6. The number of hydrogen-bond donors (Lipinski definition) is 1. The highest BCUT2D eigenvalue weighted by molar-refractivity contribution is 7.25. The number of likely N-dealkylation sites (tertiary alicyclic amines) is 1. The highest BCUT2D eigenvalue weighted by Crippen LogP contribution is 2.44. The molecule has 0 spiro atoms. The van der Waals surface area contributed by atoms with E-state index in [1.807, 2.05) is 12.1 Å². The Kier molecular flexibility index (Phi) is 5.18. The van der Waals surface area contributed by atoms with Gasteiger partial charge < -0.3 is 19.4 Å². The number of benzene rings is 1. The number of fused-ring (bicyclic) bond motifs is 6. The smallest absolute Gasteiger partial charge is 0.328 e. The van der Waals surface area contributed by atoms with Crippen LogP contribution >= 0.6 is 11.3 Å². The van der Waals surface area contributed by atoms with Gasteiger partial charge in [0.05, 0.1) is 24.4 Å². The number of methoxy groups -OCH3 is 2. The van der Waals surface area contributed by atoms with Crippen LogP contribution in [0.15, 0.2) is 39.9 Å². The predicted molar refractivity (Wildman–Crippen MR) is 133 cm³/mol. The van der Waals surface area contributed by atoms with E-state index in [2.05, 4.69) is 27.0 Å². The van der Waals surface area contributed by atoms with Gasteiger partial charge in [-0.3, -0.25) is 9.36 Å². The van der Waals surface area contributed by atoms with Gasteiger partial charge in [0.2, 0.25) is 5.88 Å². The quantitative estimate of drug-likeness (QED) is 0.474. The van der Waals surface area contributed by atoms with Crippen LogP contribution in [0.5, 0.6) is 11.6 Å². The van der Waals surface area contributed by atoms with Crippen LogP contribution < -0.4 is 20.7 Å². The molecule has 6 rings (SSSR count). The zero-order valence-corrected chi connectivity index (χ0v) is 20.0. The summed E-state index contributed by atoms with van der Waals surface area (Å²) in [5.74, 6) is 2.50. The fourth-order valence-corrected chi connectivity index (χ4v) is 6.73. The summed E-state index contributed by atoms with van der Waals surface area (Å²) in [6.07, 6.45) is 2.17. The highest BCUT2D eigenvalue weighted by Gasteiger charge is 2.38. The minimum Gasteiger partial charge on any atom is -0.496 e. The molecule has 1 aliphatic carbocycles. The zero-order chi connectivity index (χ0) is 23.4. The third kappa shape index (κ3) is 3.33. The molecule has 2 atom stereocenters. The van der Waals surface area contributed by atoms with Crippen molar-refractivity contribution in [1.82, 2.24) is 19.4 Å². The lowest BCUT2D eigenvalue weighted by Crippen LogP contribution is -2.38. The Morgan fingerprint density at radius 1 is 1.12 bits per heavy atom. The number of hydrogen-bond acceptors (Lipinski definition) is 7. The van der Waals surface area contributed by atoms with E-state index in [4.69, 9.17) is 9.47 Å². The molecule has 4 heterocycles. The van der Waals surface area contributed by atoms with Crippen molar-refractivity contribution in [3.63, 3.8) is 0 Å². The van der Waals surface area contributed by atoms with E-state index in [-0.39, 0.29) is 5.56 Å². The lowest BCUT2D eigenvalue weighted by Gasteiger charge is -2.28. The largest absolute Gasteiger partial charge is 0.496 e. The Balaban J connectivity index is 1.26. The van der Waals surface area contributed by atoms with Crippen molar-refractivity contribution in [3.8, 4) is 11.6 Å². The molecule has 0 radical (unpaired) electrons. The molecule has 176 valence electrons. The lowest BCUT2D eigenvalue weighted by molar-refractivity contribution is 0.303. The minimum atomic E-state index is -0.395. The van der Waals surface area contributed by atoms with E-state index in [1.165, 1.54) is 27.0 Å². The summed E-state index contributed by atoms with van der Waals surface area (Å²) in [5, 5.41) is 0. The van der Waals surface area contributed by atoms with Crippen LogP contribution in [0.2, 0.25) is 0 Å². The first-order valence-electron chi connectivity index (χ1n) is 11.6. The molecule has 0 saturated carbocycles. The lowest BCUT2D eigenvalue weighted by atomic mass is 9.77. The average Bonchev–Trinajstić information content (AvgIpc) is 3.44. The van der Waals surface area contributed by atoms with Gasteiger partial charge in [0, 0.05) is 38.2 Å². The number of rotatable bonds is 5. The maximum atomic E-state index is 13.2. The van der Waals surface area contributed by atoms with Crippen molar-refractivity contribution >= 4 is 31.8 Å². The van der Waals surface area contributed by atoms with Crippen LogP contribution in [0.3, 0.4) is 0 Å². The van der Waals surface area contributed by atoms with Gasteiger partial charge in [-0.15, -0.1) is 11.3 Å². The standard InChI is InChI=1S/C25H26N4O4S/c1-32-18-5-3-4-15-16(18)7-6-14-12-28(13-17(14)15)10-11-29-24(30)23-22(27-25(29)31)21-19(34-23)8-9-20(26-21)33-2/h3-5,8-9,14,17H,6-7,10-13H2,1-2H3,(H,27,31)/t14-,17+/m0/s1. The maximum absolute atomic E-state index is 13.2. The van der Waals surface area contributed by atoms with Gasteiger partial charge in [0.1, 0.15) is 16.0 Å². The van der Waals surface area contributed by atoms with Crippen molar-refractivity contribution in [2.45, 2.75) is 25.3 Å². The van der Waals surface area contributed by atoms with Crippen LogP contribution in [0.25, 0.3) is 20.4 Å². The van der Waals surface area contributed by atoms with E-state index < -0.39 is 5.69 Å². The molecule has 2 aliphatic rings. The van der Waals surface area contributed by atoms with Crippen LogP contribution in [-0.4, -0.2) is 53.3 Å². The van der Waals surface area contributed by atoms with Crippen molar-refractivity contribution in [2.24, 2.45) is 5.92 Å². The Bertz CT molecular complexity index is 1520. The van der Waals surface area contributed by atoms with E-state index in [0.29, 0.717) is 46.5 Å². The molecule has 1 aromatic carbocycles. The Labute approximate surface area is 199 Å². The minimum absolute atomic E-state index is 0.257. The summed E-state index contributed by atoms with van der Waals surface area (Å²) in [4.78, 5) is 35.8. The summed E-state index contributed by atoms with van der Waals surface area (Å²) in [6.45, 7) is 2.95. The van der Waals surface area contributed by atoms with Crippen molar-refractivity contribution in [2.75, 3.05) is 33.9 Å². The molecule has 0 unspecified atom stereocenters. The monoisotopic (exact) mass is 478 g/mol. The molecule has 1 aliphatic heterocycles. The number of H-pyrrole nitrogens is 1. The second-order valence-corrected chi connectivity index (χ2v) is 10.1. The first-order valence-corrected chi connectivity index (χ1v) is 12.4. The van der Waals surface area contributed by atoms with E-state index in [9.17, 15) is 9.59 Å². The van der Waals surface area contributed by atoms with E-state index >= 15 is 0 Å². The number of aromatic amines is 1. The van der Waals surface area contributed by atoms with Crippen molar-refractivity contribution in [1.29, 1.82) is 0 Å². The third-order valence-corrected chi connectivity index (χ3v) is 8.48. The van der Waals surface area contributed by atoms with E-state index in [0.717, 1.165) is 36.4 Å². The molecule has 1 N–H and O–H groups in total. The number of nitrogens with zero attached hydrogens (tertiary/aromatic N) is 3. The highest BCUT2D eigenvalue weighted by atomic mass is 32.1. The normalized spacial score (nSPS) is 19.9. The second kappa shape index (κ2) is 8.25. The molecule has 3 aromatic heterocycles. The van der Waals surface area contributed by atoms with Gasteiger partial charge in [-0.05, 0) is 42.0 Å². The van der Waals surface area contributed by atoms with Crippen LogP contribution in [0, 0.1) is 5.92 Å². The van der Waals surface area contributed by atoms with Crippen LogP contribution in [-0.2, 0) is 13.0 Å². The summed E-state index contributed by atoms with van der Waals surface area (Å²) in [7, 11) is 3.28. The number of pyridine rings is 1. The fourth-order valence-electron chi connectivity index (χ4n) is 5.68. The Hall–Kier alpha value is -3.17. The SMILES string of the molecule is COc1ccc2sc3c(=O)n(CCN4C[C@@H]5CCc6c(OC)cccc6[C@@H]5C4)c(=O)[nH]c3c2n1. The van der Waals surface area contributed by atoms with Gasteiger partial charge in [-0.25, -0.2) is 9.78 Å². The summed E-state index contributed by atoms with van der Waals surface area (Å²) < 4.78 is 13.5. The summed E-state index contributed by atoms with van der Waals surface area (Å²) in [6, 6.07) is 9.97. The van der Waals surface area contributed by atoms with Gasteiger partial charge in [-0.1, -0.05) is 12.1 Å². The van der Waals surface area contributed by atoms with Crippen molar-refractivity contribution < 1.29 is 9.47 Å². The molecule has 9 heteroatoms. The number of ether oxygens (including phenoxy) is 2. The molecule has 0 amide bonds. The van der Waals surface area contributed by atoms with Crippen LogP contribution in [0.4, 0.5) is 0 Å². The molecule has 1 saturated heterocycles. The maximum Gasteiger partial charge on any atom is 0.328 e. The zero-order valence-electron chi connectivity index (χ0n) is 19.2. The Morgan fingerprint density at radius 3 is 2.82 bits per heavy atom. The van der Waals surface area contributed by atoms with E-state index in [1.54, 1.807) is 20.3 Å². The predicted octanol–water partition coefficient (Wildman–Crippen LogP) is 2.98. The topological polar surface area (TPSA) is 89.5 Å². The molecular weight excluding hydrogens is 452 g/mol. The van der Waals surface area contributed by atoms with Crippen molar-refractivity contribution in [3.05, 3.63) is 62.3 Å². The fraction of sp³-hybridized carbons (Fsp3) is 0.400. The molecule has 0 bridgehead atoms.